The van der Waals surface area contributed by atoms with Gasteiger partial charge in [-0.2, -0.15) is 0 Å². The fourth-order valence-corrected chi connectivity index (χ4v) is 3.12. The molecule has 0 bridgehead atoms. The summed E-state index contributed by atoms with van der Waals surface area (Å²) in [6.45, 7) is 1.98. The van der Waals surface area contributed by atoms with Gasteiger partial charge in [0.05, 0.1) is 17.6 Å². The van der Waals surface area contributed by atoms with E-state index in [2.05, 4.69) is 5.32 Å². The van der Waals surface area contributed by atoms with E-state index in [0.717, 1.165) is 28.4 Å². The van der Waals surface area contributed by atoms with Crippen molar-refractivity contribution < 1.29 is 17.6 Å². The van der Waals surface area contributed by atoms with Gasteiger partial charge in [0.2, 0.25) is 5.91 Å². The quantitative estimate of drug-likeness (QED) is 0.788. The van der Waals surface area contributed by atoms with Crippen molar-refractivity contribution in [3.8, 4) is 0 Å². The van der Waals surface area contributed by atoms with Crippen molar-refractivity contribution in [2.75, 3.05) is 11.6 Å². The van der Waals surface area contributed by atoms with Gasteiger partial charge in [-0.25, -0.2) is 8.42 Å². The van der Waals surface area contributed by atoms with E-state index in [1.54, 1.807) is 18.4 Å². The second-order valence-corrected chi connectivity index (χ2v) is 7.80. The first-order valence-electron chi connectivity index (χ1n) is 7.39. The molecule has 0 saturated heterocycles. The molecule has 24 heavy (non-hydrogen) atoms. The van der Waals surface area contributed by atoms with Crippen LogP contribution in [0.4, 0.5) is 5.69 Å². The van der Waals surface area contributed by atoms with Crippen molar-refractivity contribution in [3.63, 3.8) is 0 Å². The van der Waals surface area contributed by atoms with Gasteiger partial charge in [0, 0.05) is 22.9 Å². The molecule has 0 aliphatic rings. The minimum atomic E-state index is -3.24. The number of sulfone groups is 1. The number of amides is 1. The number of hydrogen-bond acceptors (Lipinski definition) is 4. The molecule has 0 radical (unpaired) electrons. The zero-order chi connectivity index (χ0) is 17.3. The first-order chi connectivity index (χ1) is 11.3. The van der Waals surface area contributed by atoms with E-state index >= 15 is 0 Å². The minimum Gasteiger partial charge on any atom is -0.464 e. The molecule has 1 N–H and O–H groups in total. The summed E-state index contributed by atoms with van der Waals surface area (Å²) < 4.78 is 28.3. The summed E-state index contributed by atoms with van der Waals surface area (Å²) in [6, 6.07) is 11.9. The van der Waals surface area contributed by atoms with E-state index in [1.165, 1.54) is 12.1 Å². The highest BCUT2D eigenvalue weighted by Crippen LogP contribution is 2.23. The van der Waals surface area contributed by atoms with Crippen LogP contribution in [0.15, 0.2) is 58.0 Å². The number of rotatable bonds is 4. The Morgan fingerprint density at radius 3 is 2.50 bits per heavy atom. The van der Waals surface area contributed by atoms with Gasteiger partial charge >= 0.3 is 0 Å². The smallest absolute Gasteiger partial charge is 0.228 e. The maximum absolute atomic E-state index is 12.2. The number of fused-ring (bicyclic) bond motifs is 1. The van der Waals surface area contributed by atoms with Crippen molar-refractivity contribution in [2.24, 2.45) is 0 Å². The lowest BCUT2D eigenvalue weighted by molar-refractivity contribution is -0.115. The molecule has 124 valence electrons. The first kappa shape index (κ1) is 16.3. The van der Waals surface area contributed by atoms with Crippen LogP contribution < -0.4 is 5.32 Å². The first-order valence-corrected chi connectivity index (χ1v) is 9.29. The summed E-state index contributed by atoms with van der Waals surface area (Å²) in [5, 5.41) is 3.68. The largest absolute Gasteiger partial charge is 0.464 e. The molecule has 0 aliphatic carbocycles. The van der Waals surface area contributed by atoms with Crippen molar-refractivity contribution >= 4 is 32.4 Å². The maximum atomic E-state index is 12.2. The minimum absolute atomic E-state index is 0.184. The number of aryl methyl sites for hydroxylation is 1. The second-order valence-electron chi connectivity index (χ2n) is 5.78. The van der Waals surface area contributed by atoms with Crippen LogP contribution in [0, 0.1) is 6.92 Å². The van der Waals surface area contributed by atoms with Gasteiger partial charge in [0.1, 0.15) is 5.58 Å². The van der Waals surface area contributed by atoms with E-state index < -0.39 is 9.84 Å². The van der Waals surface area contributed by atoms with Crippen LogP contribution in [-0.4, -0.2) is 20.6 Å². The van der Waals surface area contributed by atoms with Gasteiger partial charge < -0.3 is 9.73 Å². The number of nitrogens with one attached hydrogen (secondary N) is 1. The Morgan fingerprint density at radius 2 is 1.83 bits per heavy atom. The average Bonchev–Trinajstić information content (AvgIpc) is 2.89. The van der Waals surface area contributed by atoms with E-state index in [0.29, 0.717) is 5.69 Å². The summed E-state index contributed by atoms with van der Waals surface area (Å²) >= 11 is 0. The predicted molar refractivity (Wildman–Crippen MR) is 92.8 cm³/mol. The van der Waals surface area contributed by atoms with Crippen molar-refractivity contribution in [3.05, 3.63) is 59.9 Å². The topological polar surface area (TPSA) is 76.4 Å². The third-order valence-corrected chi connectivity index (χ3v) is 4.86. The molecule has 0 atom stereocenters. The molecule has 0 fully saturated rings. The lowest BCUT2D eigenvalue weighted by Crippen LogP contribution is -2.14. The Morgan fingerprint density at radius 1 is 1.12 bits per heavy atom. The van der Waals surface area contributed by atoms with Gasteiger partial charge in [-0.15, -0.1) is 0 Å². The predicted octanol–water partition coefficient (Wildman–Crippen LogP) is 3.33. The van der Waals surface area contributed by atoms with Gasteiger partial charge in [-0.1, -0.05) is 12.1 Å². The average molecular weight is 343 g/mol. The Labute approximate surface area is 140 Å². The van der Waals surface area contributed by atoms with Crippen LogP contribution in [-0.2, 0) is 21.1 Å². The standard InChI is InChI=1S/C18H17NO4S/c1-12-3-8-16-13(11-23-17(16)9-12)10-18(20)19-14-4-6-15(7-5-14)24(2,21)22/h3-9,11H,10H2,1-2H3,(H,19,20). The third-order valence-electron chi connectivity index (χ3n) is 3.73. The fourth-order valence-electron chi connectivity index (χ4n) is 2.49. The zero-order valence-electron chi connectivity index (χ0n) is 13.4. The number of hydrogen-bond donors (Lipinski definition) is 1. The normalized spacial score (nSPS) is 11.6. The van der Waals surface area contributed by atoms with Crippen molar-refractivity contribution in [2.45, 2.75) is 18.2 Å². The highest BCUT2D eigenvalue weighted by Gasteiger charge is 2.12. The van der Waals surface area contributed by atoms with Crippen molar-refractivity contribution in [1.29, 1.82) is 0 Å². The Balaban J connectivity index is 1.73. The van der Waals surface area contributed by atoms with Crippen molar-refractivity contribution in [1.82, 2.24) is 0 Å². The molecule has 0 saturated carbocycles. The van der Waals surface area contributed by atoms with Gasteiger partial charge in [-0.3, -0.25) is 4.79 Å². The van der Waals surface area contributed by atoms with Gasteiger partial charge in [0.15, 0.2) is 9.84 Å². The van der Waals surface area contributed by atoms with E-state index in [9.17, 15) is 13.2 Å². The summed E-state index contributed by atoms with van der Waals surface area (Å²) in [7, 11) is -3.24. The molecule has 5 nitrogen and oxygen atoms in total. The maximum Gasteiger partial charge on any atom is 0.228 e. The third kappa shape index (κ3) is 3.49. The summed E-state index contributed by atoms with van der Waals surface area (Å²) in [5.74, 6) is -0.189. The molecule has 6 heteroatoms. The fraction of sp³-hybridized carbons (Fsp3) is 0.167. The molecule has 2 aromatic carbocycles. The van der Waals surface area contributed by atoms with Crippen LogP contribution in [0.2, 0.25) is 0 Å². The highest BCUT2D eigenvalue weighted by molar-refractivity contribution is 7.90. The van der Waals surface area contributed by atoms with E-state index in [1.807, 2.05) is 25.1 Å². The summed E-state index contributed by atoms with van der Waals surface area (Å²) in [5.41, 5.74) is 3.22. The second kappa shape index (κ2) is 6.13. The van der Waals surface area contributed by atoms with E-state index in [4.69, 9.17) is 4.42 Å². The molecular formula is C18H17NO4S. The molecule has 3 aromatic rings. The van der Waals surface area contributed by atoms with Gasteiger partial charge in [0.25, 0.3) is 0 Å². The zero-order valence-corrected chi connectivity index (χ0v) is 14.2. The SMILES string of the molecule is Cc1ccc2c(CC(=O)Nc3ccc(S(C)(=O)=O)cc3)coc2c1. The monoisotopic (exact) mass is 343 g/mol. The van der Waals surface area contributed by atoms with E-state index in [-0.39, 0.29) is 17.2 Å². The molecule has 0 spiro atoms. The van der Waals surface area contributed by atoms with Crippen LogP contribution in [0.1, 0.15) is 11.1 Å². The summed E-state index contributed by atoms with van der Waals surface area (Å²) in [4.78, 5) is 12.4. The van der Waals surface area contributed by atoms with Crippen LogP contribution >= 0.6 is 0 Å². The highest BCUT2D eigenvalue weighted by atomic mass is 32.2. The molecule has 1 amide bonds. The molecule has 1 aromatic heterocycles. The van der Waals surface area contributed by atoms with Crippen LogP contribution in [0.25, 0.3) is 11.0 Å². The lowest BCUT2D eigenvalue weighted by atomic mass is 10.1. The van der Waals surface area contributed by atoms with Crippen LogP contribution in [0.3, 0.4) is 0 Å². The number of benzene rings is 2. The number of carbonyl (C=O) groups is 1. The number of furan rings is 1. The number of carbonyl (C=O) groups excluding carboxylic acids is 1. The molecule has 3 rings (SSSR count). The lowest BCUT2D eigenvalue weighted by Gasteiger charge is -2.05. The molecule has 1 heterocycles. The Bertz CT molecular complexity index is 1000. The summed E-state index contributed by atoms with van der Waals surface area (Å²) in [6.07, 6.45) is 2.92. The number of anilines is 1. The van der Waals surface area contributed by atoms with Crippen LogP contribution in [0.5, 0.6) is 0 Å². The molecular weight excluding hydrogens is 326 g/mol. The Hall–Kier alpha value is -2.60. The molecule has 0 aliphatic heterocycles. The van der Waals surface area contributed by atoms with Gasteiger partial charge in [-0.05, 0) is 42.8 Å². The Kier molecular flexibility index (Phi) is 4.15. The molecule has 0 unspecified atom stereocenters.